The van der Waals surface area contributed by atoms with E-state index < -0.39 is 0 Å². The first-order valence-electron chi connectivity index (χ1n) is 7.94. The molecule has 0 bridgehead atoms. The number of aryl methyl sites for hydroxylation is 1. The predicted octanol–water partition coefficient (Wildman–Crippen LogP) is 4.43. The first-order chi connectivity index (χ1) is 10.3. The van der Waals surface area contributed by atoms with Crippen molar-refractivity contribution in [3.63, 3.8) is 0 Å². The Morgan fingerprint density at radius 2 is 2.10 bits per heavy atom. The second kappa shape index (κ2) is 6.74. The Morgan fingerprint density at radius 1 is 1.24 bits per heavy atom. The molecule has 0 unspecified atom stereocenters. The van der Waals surface area contributed by atoms with Crippen molar-refractivity contribution in [3.05, 3.63) is 30.2 Å². The second-order valence-electron chi connectivity index (χ2n) is 5.99. The summed E-state index contributed by atoms with van der Waals surface area (Å²) in [5.74, 6) is 1.48. The Labute approximate surface area is 126 Å². The molecule has 0 atom stereocenters. The molecule has 1 aromatic carbocycles. The highest BCUT2D eigenvalue weighted by molar-refractivity contribution is 5.64. The van der Waals surface area contributed by atoms with E-state index in [0.29, 0.717) is 5.89 Å². The van der Waals surface area contributed by atoms with Crippen molar-refractivity contribution in [1.82, 2.24) is 10.2 Å². The topological polar surface area (TPSA) is 51.0 Å². The number of nitrogens with one attached hydrogen (secondary N) is 1. The average molecular weight is 285 g/mol. The highest BCUT2D eigenvalue weighted by Crippen LogP contribution is 2.27. The molecule has 0 spiro atoms. The van der Waals surface area contributed by atoms with E-state index in [1.54, 1.807) is 0 Å². The summed E-state index contributed by atoms with van der Waals surface area (Å²) in [6.45, 7) is 3.17. The van der Waals surface area contributed by atoms with Crippen LogP contribution in [0.1, 0.15) is 44.1 Å². The monoisotopic (exact) mass is 285 g/mol. The molecule has 1 fully saturated rings. The molecular formula is C17H23N3O. The number of benzene rings is 1. The number of anilines is 1. The van der Waals surface area contributed by atoms with E-state index in [-0.39, 0.29) is 0 Å². The molecule has 2 aromatic rings. The lowest BCUT2D eigenvalue weighted by Crippen LogP contribution is -2.12. The maximum atomic E-state index is 5.26. The van der Waals surface area contributed by atoms with Gasteiger partial charge in [0.05, 0.1) is 0 Å². The molecule has 0 saturated heterocycles. The van der Waals surface area contributed by atoms with Gasteiger partial charge >= 0.3 is 0 Å². The van der Waals surface area contributed by atoms with Gasteiger partial charge in [0.1, 0.15) is 0 Å². The summed E-state index contributed by atoms with van der Waals surface area (Å²) >= 11 is 0. The number of rotatable bonds is 5. The van der Waals surface area contributed by atoms with Gasteiger partial charge in [-0.25, -0.2) is 0 Å². The lowest BCUT2D eigenvalue weighted by Gasteiger charge is -2.22. The quantitative estimate of drug-likeness (QED) is 0.883. The summed E-state index contributed by atoms with van der Waals surface area (Å²) in [6, 6.07) is 6.22. The fourth-order valence-corrected chi connectivity index (χ4v) is 3.13. The number of hydrogen-bond donors (Lipinski definition) is 1. The minimum Gasteiger partial charge on any atom is -0.423 e. The fourth-order valence-electron chi connectivity index (χ4n) is 3.13. The van der Waals surface area contributed by atoms with E-state index in [1.165, 1.54) is 56.2 Å². The summed E-state index contributed by atoms with van der Waals surface area (Å²) < 4.78 is 5.26. The van der Waals surface area contributed by atoms with E-state index >= 15 is 0 Å². The van der Waals surface area contributed by atoms with Crippen LogP contribution >= 0.6 is 0 Å². The average Bonchev–Trinajstić information content (AvgIpc) is 3.04. The van der Waals surface area contributed by atoms with Crippen LogP contribution in [-0.2, 0) is 0 Å². The molecule has 1 aliphatic rings. The molecule has 0 aliphatic heterocycles. The van der Waals surface area contributed by atoms with Gasteiger partial charge in [-0.15, -0.1) is 10.2 Å². The molecule has 4 heteroatoms. The largest absolute Gasteiger partial charge is 0.423 e. The number of nitrogens with zero attached hydrogens (tertiary/aromatic N) is 2. The molecule has 1 aliphatic carbocycles. The first kappa shape index (κ1) is 14.1. The van der Waals surface area contributed by atoms with Gasteiger partial charge in [0, 0.05) is 17.8 Å². The van der Waals surface area contributed by atoms with Gasteiger partial charge in [-0.3, -0.25) is 0 Å². The van der Waals surface area contributed by atoms with E-state index in [0.717, 1.165) is 18.0 Å². The van der Waals surface area contributed by atoms with Crippen LogP contribution in [-0.4, -0.2) is 16.7 Å². The van der Waals surface area contributed by atoms with Gasteiger partial charge in [0.2, 0.25) is 12.3 Å². The third kappa shape index (κ3) is 3.63. The summed E-state index contributed by atoms with van der Waals surface area (Å²) in [7, 11) is 0. The zero-order valence-corrected chi connectivity index (χ0v) is 12.6. The van der Waals surface area contributed by atoms with Gasteiger partial charge in [-0.2, -0.15) is 0 Å². The lowest BCUT2D eigenvalue weighted by molar-refractivity contribution is 0.345. The van der Waals surface area contributed by atoms with Gasteiger partial charge in [0.15, 0.2) is 0 Å². The van der Waals surface area contributed by atoms with Crippen LogP contribution in [0.4, 0.5) is 5.69 Å². The summed E-state index contributed by atoms with van der Waals surface area (Å²) in [4.78, 5) is 0. The van der Waals surface area contributed by atoms with Crippen LogP contribution in [0.3, 0.4) is 0 Å². The smallest absolute Gasteiger partial charge is 0.247 e. The lowest BCUT2D eigenvalue weighted by atomic mass is 9.87. The SMILES string of the molecule is Cc1ccc(-c2nnco2)cc1NCCC1CCCCC1. The van der Waals surface area contributed by atoms with E-state index in [9.17, 15) is 0 Å². The Morgan fingerprint density at radius 3 is 2.86 bits per heavy atom. The summed E-state index contributed by atoms with van der Waals surface area (Å²) in [5, 5.41) is 11.3. The first-order valence-corrected chi connectivity index (χ1v) is 7.94. The molecule has 1 aromatic heterocycles. The van der Waals surface area contributed by atoms with Crippen LogP contribution in [0.5, 0.6) is 0 Å². The minimum absolute atomic E-state index is 0.574. The second-order valence-corrected chi connectivity index (χ2v) is 5.99. The molecule has 3 rings (SSSR count). The Hall–Kier alpha value is -1.84. The van der Waals surface area contributed by atoms with Gasteiger partial charge in [-0.1, -0.05) is 38.2 Å². The predicted molar refractivity (Wildman–Crippen MR) is 84.2 cm³/mol. The molecule has 112 valence electrons. The molecule has 0 amide bonds. The minimum atomic E-state index is 0.574. The summed E-state index contributed by atoms with van der Waals surface area (Å²) in [6.07, 6.45) is 9.70. The maximum absolute atomic E-state index is 5.26. The van der Waals surface area contributed by atoms with E-state index in [1.807, 2.05) is 6.07 Å². The molecule has 1 heterocycles. The van der Waals surface area contributed by atoms with Gasteiger partial charge in [0.25, 0.3) is 0 Å². The van der Waals surface area contributed by atoms with E-state index in [2.05, 4.69) is 34.6 Å². The normalized spacial score (nSPS) is 16.0. The highest BCUT2D eigenvalue weighted by atomic mass is 16.4. The van der Waals surface area contributed by atoms with Crippen molar-refractivity contribution in [3.8, 4) is 11.5 Å². The van der Waals surface area contributed by atoms with Crippen molar-refractivity contribution < 1.29 is 4.42 Å². The third-order valence-corrected chi connectivity index (χ3v) is 4.44. The van der Waals surface area contributed by atoms with Crippen LogP contribution in [0.25, 0.3) is 11.5 Å². The van der Waals surface area contributed by atoms with Crippen molar-refractivity contribution in [2.75, 3.05) is 11.9 Å². The summed E-state index contributed by atoms with van der Waals surface area (Å²) in [5.41, 5.74) is 3.39. The van der Waals surface area contributed by atoms with Crippen molar-refractivity contribution in [2.45, 2.75) is 45.4 Å². The standard InChI is InChI=1S/C17H23N3O/c1-13-7-8-15(17-20-19-12-21-17)11-16(13)18-10-9-14-5-3-2-4-6-14/h7-8,11-12,14,18H,2-6,9-10H2,1H3. The third-order valence-electron chi connectivity index (χ3n) is 4.44. The van der Waals surface area contributed by atoms with Gasteiger partial charge in [-0.05, 0) is 37.0 Å². The molecule has 4 nitrogen and oxygen atoms in total. The van der Waals surface area contributed by atoms with Crippen LogP contribution in [0.2, 0.25) is 0 Å². The van der Waals surface area contributed by atoms with Crippen molar-refractivity contribution >= 4 is 5.69 Å². The van der Waals surface area contributed by atoms with Crippen LogP contribution < -0.4 is 5.32 Å². The van der Waals surface area contributed by atoms with Gasteiger partial charge < -0.3 is 9.73 Å². The molecule has 21 heavy (non-hydrogen) atoms. The van der Waals surface area contributed by atoms with E-state index in [4.69, 9.17) is 4.42 Å². The Balaban J connectivity index is 1.60. The number of aromatic nitrogens is 2. The van der Waals surface area contributed by atoms with Crippen molar-refractivity contribution in [2.24, 2.45) is 5.92 Å². The van der Waals surface area contributed by atoms with Crippen LogP contribution in [0.15, 0.2) is 29.0 Å². The fraction of sp³-hybridized carbons (Fsp3) is 0.529. The molecule has 0 radical (unpaired) electrons. The Kier molecular flexibility index (Phi) is 4.53. The van der Waals surface area contributed by atoms with Crippen molar-refractivity contribution in [1.29, 1.82) is 0 Å². The molecular weight excluding hydrogens is 262 g/mol. The number of hydrogen-bond acceptors (Lipinski definition) is 4. The zero-order valence-electron chi connectivity index (χ0n) is 12.6. The zero-order chi connectivity index (χ0) is 14.5. The molecule has 1 saturated carbocycles. The highest BCUT2D eigenvalue weighted by Gasteiger charge is 2.13. The van der Waals surface area contributed by atoms with Crippen LogP contribution in [0, 0.1) is 12.8 Å². The maximum Gasteiger partial charge on any atom is 0.247 e. The molecule has 1 N–H and O–H groups in total. The Bertz CT molecular complexity index is 559.